The van der Waals surface area contributed by atoms with E-state index < -0.39 is 0 Å². The molecule has 1 aromatic heterocycles. The molecule has 0 aliphatic carbocycles. The lowest BCUT2D eigenvalue weighted by Gasteiger charge is -2.16. The highest BCUT2D eigenvalue weighted by atomic mass is 35.5. The molecule has 7 heteroatoms. The molecular formula is C17H13Cl2N3O2. The van der Waals surface area contributed by atoms with E-state index in [-0.39, 0.29) is 11.5 Å². The predicted molar refractivity (Wildman–Crippen MR) is 95.4 cm³/mol. The van der Waals surface area contributed by atoms with Gasteiger partial charge in [0, 0.05) is 24.1 Å². The van der Waals surface area contributed by atoms with E-state index in [2.05, 4.69) is 4.98 Å². The molecule has 0 atom stereocenters. The maximum Gasteiger partial charge on any atom is 0.265 e. The van der Waals surface area contributed by atoms with Crippen molar-refractivity contribution in [3.63, 3.8) is 0 Å². The summed E-state index contributed by atoms with van der Waals surface area (Å²) in [7, 11) is 3.27. The standard InChI is InChI=1S/C17H13Cl2N3O2/c1-21(2)16(23)13-8-11(19)4-6-15(13)22-9-20-14-5-3-10(18)7-12(14)17(22)24/h3-9H,1-2H3. The summed E-state index contributed by atoms with van der Waals surface area (Å²) in [5.41, 5.74) is 0.961. The Kier molecular flexibility index (Phi) is 4.30. The minimum Gasteiger partial charge on any atom is -0.345 e. The molecule has 0 saturated heterocycles. The predicted octanol–water partition coefficient (Wildman–Crippen LogP) is 3.39. The topological polar surface area (TPSA) is 55.2 Å². The summed E-state index contributed by atoms with van der Waals surface area (Å²) in [4.78, 5) is 30.9. The zero-order chi connectivity index (χ0) is 17.4. The third-order valence-electron chi connectivity index (χ3n) is 3.57. The molecule has 0 fully saturated rings. The molecule has 3 rings (SSSR count). The Balaban J connectivity index is 2.30. The minimum absolute atomic E-state index is 0.259. The molecule has 0 unspecified atom stereocenters. The maximum atomic E-state index is 12.8. The maximum absolute atomic E-state index is 12.8. The van der Waals surface area contributed by atoms with E-state index in [9.17, 15) is 9.59 Å². The third-order valence-corrected chi connectivity index (χ3v) is 4.05. The highest BCUT2D eigenvalue weighted by molar-refractivity contribution is 6.31. The van der Waals surface area contributed by atoms with Crippen molar-refractivity contribution in [2.24, 2.45) is 0 Å². The molecule has 0 aliphatic rings. The largest absolute Gasteiger partial charge is 0.345 e. The SMILES string of the molecule is CN(C)C(=O)c1cc(Cl)ccc1-n1cnc2ccc(Cl)cc2c1=O. The highest BCUT2D eigenvalue weighted by Crippen LogP contribution is 2.21. The number of rotatable bonds is 2. The third kappa shape index (κ3) is 2.88. The van der Waals surface area contributed by atoms with Crippen LogP contribution in [-0.4, -0.2) is 34.5 Å². The summed E-state index contributed by atoms with van der Waals surface area (Å²) >= 11 is 12.0. The van der Waals surface area contributed by atoms with Crippen LogP contribution < -0.4 is 5.56 Å². The lowest BCUT2D eigenvalue weighted by atomic mass is 10.1. The zero-order valence-corrected chi connectivity index (χ0v) is 14.5. The van der Waals surface area contributed by atoms with Crippen LogP contribution in [0.3, 0.4) is 0 Å². The fourth-order valence-corrected chi connectivity index (χ4v) is 2.74. The van der Waals surface area contributed by atoms with Gasteiger partial charge in [-0.1, -0.05) is 23.2 Å². The molecule has 0 spiro atoms. The molecule has 0 radical (unpaired) electrons. The van der Waals surface area contributed by atoms with Crippen LogP contribution in [0.5, 0.6) is 0 Å². The van der Waals surface area contributed by atoms with Crippen LogP contribution in [0.4, 0.5) is 0 Å². The van der Waals surface area contributed by atoms with Crippen LogP contribution in [-0.2, 0) is 0 Å². The van der Waals surface area contributed by atoms with Crippen molar-refractivity contribution in [3.8, 4) is 5.69 Å². The molecular weight excluding hydrogens is 349 g/mol. The van der Waals surface area contributed by atoms with Gasteiger partial charge in [-0.25, -0.2) is 4.98 Å². The van der Waals surface area contributed by atoms with E-state index in [1.54, 1.807) is 44.4 Å². The van der Waals surface area contributed by atoms with Gasteiger partial charge in [0.25, 0.3) is 11.5 Å². The average molecular weight is 362 g/mol. The molecule has 3 aromatic rings. The number of hydrogen-bond acceptors (Lipinski definition) is 3. The van der Waals surface area contributed by atoms with E-state index in [1.807, 2.05) is 0 Å². The van der Waals surface area contributed by atoms with Crippen LogP contribution in [0.2, 0.25) is 10.0 Å². The van der Waals surface area contributed by atoms with E-state index in [0.717, 1.165) is 0 Å². The summed E-state index contributed by atoms with van der Waals surface area (Å²) in [5.74, 6) is -0.259. The summed E-state index contributed by atoms with van der Waals surface area (Å²) < 4.78 is 1.33. The van der Waals surface area contributed by atoms with Gasteiger partial charge in [0.05, 0.1) is 22.2 Å². The average Bonchev–Trinajstić information content (AvgIpc) is 2.55. The number of hydrogen-bond donors (Lipinski definition) is 0. The summed E-state index contributed by atoms with van der Waals surface area (Å²) in [6, 6.07) is 9.69. The van der Waals surface area contributed by atoms with Crippen molar-refractivity contribution in [1.82, 2.24) is 14.5 Å². The first-order valence-electron chi connectivity index (χ1n) is 7.07. The number of nitrogens with zero attached hydrogens (tertiary/aromatic N) is 3. The Labute approximate surface area is 148 Å². The van der Waals surface area contributed by atoms with Crippen LogP contribution >= 0.6 is 23.2 Å². The van der Waals surface area contributed by atoms with Gasteiger partial charge in [0.2, 0.25) is 0 Å². The number of amides is 1. The van der Waals surface area contributed by atoms with Crippen LogP contribution in [0.1, 0.15) is 10.4 Å². The van der Waals surface area contributed by atoms with Crippen molar-refractivity contribution in [2.45, 2.75) is 0 Å². The first-order chi connectivity index (χ1) is 11.4. The fourth-order valence-electron chi connectivity index (χ4n) is 2.40. The smallest absolute Gasteiger partial charge is 0.265 e. The Morgan fingerprint density at radius 1 is 1.08 bits per heavy atom. The van der Waals surface area contributed by atoms with Crippen LogP contribution in [0.25, 0.3) is 16.6 Å². The molecule has 0 saturated carbocycles. The number of aromatic nitrogens is 2. The lowest BCUT2D eigenvalue weighted by Crippen LogP contribution is -2.26. The van der Waals surface area contributed by atoms with Gasteiger partial charge in [0.1, 0.15) is 6.33 Å². The quantitative estimate of drug-likeness (QED) is 0.702. The number of carbonyl (C=O) groups is 1. The van der Waals surface area contributed by atoms with Gasteiger partial charge in [-0.3, -0.25) is 14.2 Å². The first kappa shape index (κ1) is 16.5. The van der Waals surface area contributed by atoms with Gasteiger partial charge in [0.15, 0.2) is 0 Å². The van der Waals surface area contributed by atoms with E-state index >= 15 is 0 Å². The Morgan fingerprint density at radius 2 is 1.75 bits per heavy atom. The Bertz CT molecular complexity index is 1010. The van der Waals surface area contributed by atoms with Gasteiger partial charge >= 0.3 is 0 Å². The van der Waals surface area contributed by atoms with Crippen molar-refractivity contribution in [1.29, 1.82) is 0 Å². The van der Waals surface area contributed by atoms with Gasteiger partial charge in [-0.15, -0.1) is 0 Å². The van der Waals surface area contributed by atoms with Gasteiger partial charge < -0.3 is 4.90 Å². The number of halogens is 2. The molecule has 24 heavy (non-hydrogen) atoms. The molecule has 5 nitrogen and oxygen atoms in total. The monoisotopic (exact) mass is 361 g/mol. The first-order valence-corrected chi connectivity index (χ1v) is 7.82. The molecule has 1 amide bonds. The lowest BCUT2D eigenvalue weighted by molar-refractivity contribution is 0.0827. The van der Waals surface area contributed by atoms with Crippen molar-refractivity contribution in [3.05, 3.63) is 68.7 Å². The van der Waals surface area contributed by atoms with E-state index in [0.29, 0.717) is 32.2 Å². The molecule has 0 aliphatic heterocycles. The minimum atomic E-state index is -0.308. The zero-order valence-electron chi connectivity index (χ0n) is 13.0. The summed E-state index contributed by atoms with van der Waals surface area (Å²) in [5, 5.41) is 1.23. The molecule has 2 aromatic carbocycles. The van der Waals surface area contributed by atoms with Crippen molar-refractivity contribution >= 4 is 40.0 Å². The Morgan fingerprint density at radius 3 is 2.46 bits per heavy atom. The summed E-state index contributed by atoms with van der Waals surface area (Å²) in [6.07, 6.45) is 1.40. The highest BCUT2D eigenvalue weighted by Gasteiger charge is 2.17. The number of fused-ring (bicyclic) bond motifs is 1. The molecule has 0 bridgehead atoms. The molecule has 0 N–H and O–H groups in total. The molecule has 1 heterocycles. The van der Waals surface area contributed by atoms with E-state index in [1.165, 1.54) is 21.9 Å². The molecule has 122 valence electrons. The number of benzene rings is 2. The number of carbonyl (C=O) groups excluding carboxylic acids is 1. The van der Waals surface area contributed by atoms with Gasteiger partial charge in [-0.05, 0) is 36.4 Å². The summed E-state index contributed by atoms with van der Waals surface area (Å²) in [6.45, 7) is 0. The second kappa shape index (κ2) is 6.26. The van der Waals surface area contributed by atoms with E-state index in [4.69, 9.17) is 23.2 Å². The Hall–Kier alpha value is -2.37. The second-order valence-electron chi connectivity index (χ2n) is 5.44. The van der Waals surface area contributed by atoms with Gasteiger partial charge in [-0.2, -0.15) is 0 Å². The van der Waals surface area contributed by atoms with Crippen molar-refractivity contribution in [2.75, 3.05) is 14.1 Å². The van der Waals surface area contributed by atoms with Crippen LogP contribution in [0, 0.1) is 0 Å². The normalized spacial score (nSPS) is 10.8. The fraction of sp³-hybridized carbons (Fsp3) is 0.118. The van der Waals surface area contributed by atoms with Crippen molar-refractivity contribution < 1.29 is 4.79 Å². The second-order valence-corrected chi connectivity index (χ2v) is 6.32. The van der Waals surface area contributed by atoms with Crippen LogP contribution in [0.15, 0.2) is 47.5 Å².